The summed E-state index contributed by atoms with van der Waals surface area (Å²) in [5.41, 5.74) is 1.67. The molecule has 1 rings (SSSR count). The molecule has 0 aromatic heterocycles. The predicted octanol–water partition coefficient (Wildman–Crippen LogP) is 4.22. The Morgan fingerprint density at radius 3 is 2.50 bits per heavy atom. The third kappa shape index (κ3) is 2.73. The zero-order chi connectivity index (χ0) is 10.6. The molecule has 82 valence electrons. The van der Waals surface area contributed by atoms with Crippen LogP contribution < -0.4 is 0 Å². The van der Waals surface area contributed by atoms with E-state index in [1.54, 1.807) is 5.57 Å². The summed E-state index contributed by atoms with van der Waals surface area (Å²) >= 11 is 4.02. The highest BCUT2D eigenvalue weighted by atomic mass is 32.2. The summed E-state index contributed by atoms with van der Waals surface area (Å²) in [4.78, 5) is 0. The van der Waals surface area contributed by atoms with Gasteiger partial charge in [-0.15, -0.1) is 0 Å². The lowest BCUT2D eigenvalue weighted by molar-refractivity contribution is 0.398. The van der Waals surface area contributed by atoms with Gasteiger partial charge in [-0.05, 0) is 37.7 Å². The first-order valence-corrected chi connectivity index (χ1v) is 7.98. The van der Waals surface area contributed by atoms with Gasteiger partial charge in [0, 0.05) is 10.5 Å². The van der Waals surface area contributed by atoms with Crippen LogP contribution >= 0.6 is 23.5 Å². The first-order valence-electron chi connectivity index (χ1n) is 5.36. The van der Waals surface area contributed by atoms with Crippen LogP contribution in [0.5, 0.6) is 0 Å². The van der Waals surface area contributed by atoms with E-state index in [0.29, 0.717) is 4.75 Å². The van der Waals surface area contributed by atoms with Crippen molar-refractivity contribution in [2.24, 2.45) is 5.92 Å². The molecule has 0 aromatic rings. The molecule has 0 amide bonds. The Balaban J connectivity index is 2.62. The fourth-order valence-electron chi connectivity index (χ4n) is 2.16. The van der Waals surface area contributed by atoms with E-state index in [9.17, 15) is 0 Å². The van der Waals surface area contributed by atoms with Crippen molar-refractivity contribution in [3.63, 3.8) is 0 Å². The van der Waals surface area contributed by atoms with Gasteiger partial charge in [0.2, 0.25) is 0 Å². The maximum atomic E-state index is 2.50. The molecule has 0 radical (unpaired) electrons. The lowest BCUT2D eigenvalue weighted by atomic mass is 9.81. The maximum absolute atomic E-state index is 2.50. The normalized spacial score (nSPS) is 27.9. The highest BCUT2D eigenvalue weighted by Gasteiger charge is 2.33. The fraction of sp³-hybridized carbons (Fsp3) is 0.833. The topological polar surface area (TPSA) is 0 Å². The van der Waals surface area contributed by atoms with Crippen molar-refractivity contribution in [1.29, 1.82) is 0 Å². The van der Waals surface area contributed by atoms with Crippen LogP contribution in [-0.2, 0) is 0 Å². The van der Waals surface area contributed by atoms with Crippen molar-refractivity contribution < 1.29 is 0 Å². The number of hydrogen-bond acceptors (Lipinski definition) is 2. The Morgan fingerprint density at radius 2 is 2.14 bits per heavy atom. The SMILES string of the molecule is CSCC1=CCC(SC)(C(C)C)CC1. The fourth-order valence-corrected chi connectivity index (χ4v) is 3.82. The monoisotopic (exact) mass is 230 g/mol. The van der Waals surface area contributed by atoms with E-state index in [2.05, 4.69) is 44.2 Å². The number of thioether (sulfide) groups is 2. The number of allylic oxidation sites excluding steroid dienone is 1. The lowest BCUT2D eigenvalue weighted by Crippen LogP contribution is -2.32. The maximum Gasteiger partial charge on any atom is 0.0217 e. The summed E-state index contributed by atoms with van der Waals surface area (Å²) in [7, 11) is 0. The Hall–Kier alpha value is 0.440. The van der Waals surface area contributed by atoms with Gasteiger partial charge in [-0.3, -0.25) is 0 Å². The van der Waals surface area contributed by atoms with Crippen LogP contribution in [0, 0.1) is 5.92 Å². The van der Waals surface area contributed by atoms with Crippen LogP contribution in [0.15, 0.2) is 11.6 Å². The quantitative estimate of drug-likeness (QED) is 0.663. The van der Waals surface area contributed by atoms with Crippen LogP contribution in [0.25, 0.3) is 0 Å². The molecule has 0 aliphatic heterocycles. The third-order valence-corrected chi connectivity index (χ3v) is 5.71. The molecule has 0 saturated heterocycles. The van der Waals surface area contributed by atoms with E-state index in [-0.39, 0.29) is 0 Å². The molecule has 0 bridgehead atoms. The summed E-state index contributed by atoms with van der Waals surface area (Å²) < 4.78 is 0.530. The van der Waals surface area contributed by atoms with Crippen molar-refractivity contribution in [1.82, 2.24) is 0 Å². The molecule has 0 N–H and O–H groups in total. The van der Waals surface area contributed by atoms with Gasteiger partial charge in [0.1, 0.15) is 0 Å². The van der Waals surface area contributed by atoms with E-state index in [0.717, 1.165) is 5.92 Å². The van der Waals surface area contributed by atoms with Gasteiger partial charge >= 0.3 is 0 Å². The van der Waals surface area contributed by atoms with E-state index in [4.69, 9.17) is 0 Å². The molecule has 0 heterocycles. The van der Waals surface area contributed by atoms with E-state index in [1.807, 2.05) is 11.8 Å². The molecule has 0 spiro atoms. The minimum Gasteiger partial charge on any atom is -0.161 e. The van der Waals surface area contributed by atoms with Crippen LogP contribution in [0.4, 0.5) is 0 Å². The highest BCUT2D eigenvalue weighted by Crippen LogP contribution is 2.43. The number of rotatable bonds is 4. The zero-order valence-corrected chi connectivity index (χ0v) is 11.4. The van der Waals surface area contributed by atoms with Crippen molar-refractivity contribution in [2.45, 2.75) is 37.9 Å². The minimum atomic E-state index is 0.530. The summed E-state index contributed by atoms with van der Waals surface area (Å²) in [6, 6.07) is 0. The van der Waals surface area contributed by atoms with Crippen molar-refractivity contribution in [3.05, 3.63) is 11.6 Å². The Labute approximate surface area is 97.3 Å². The van der Waals surface area contributed by atoms with Gasteiger partial charge in [0.05, 0.1) is 0 Å². The predicted molar refractivity (Wildman–Crippen MR) is 71.4 cm³/mol. The first-order chi connectivity index (χ1) is 6.64. The second-order valence-corrected chi connectivity index (χ2v) is 6.51. The molecule has 1 aliphatic carbocycles. The highest BCUT2D eigenvalue weighted by molar-refractivity contribution is 8.00. The zero-order valence-electron chi connectivity index (χ0n) is 9.80. The number of hydrogen-bond donors (Lipinski definition) is 0. The van der Waals surface area contributed by atoms with Gasteiger partial charge in [0.15, 0.2) is 0 Å². The summed E-state index contributed by atoms with van der Waals surface area (Å²) in [5, 5.41) is 0. The molecule has 0 fully saturated rings. The first kappa shape index (κ1) is 12.5. The molecular formula is C12H22S2. The van der Waals surface area contributed by atoms with Gasteiger partial charge in [-0.1, -0.05) is 25.5 Å². The van der Waals surface area contributed by atoms with Gasteiger partial charge < -0.3 is 0 Å². The van der Waals surface area contributed by atoms with E-state index in [1.165, 1.54) is 25.0 Å². The standard InChI is InChI=1S/C12H22S2/c1-10(2)12(14-4)7-5-11(6-8-12)9-13-3/h5,10H,6-9H2,1-4H3. The summed E-state index contributed by atoms with van der Waals surface area (Å²) in [6.45, 7) is 4.73. The second kappa shape index (κ2) is 5.50. The molecule has 1 unspecified atom stereocenters. The van der Waals surface area contributed by atoms with Crippen molar-refractivity contribution in [3.8, 4) is 0 Å². The smallest absolute Gasteiger partial charge is 0.0217 e. The van der Waals surface area contributed by atoms with Gasteiger partial charge in [0.25, 0.3) is 0 Å². The average Bonchev–Trinajstić information content (AvgIpc) is 2.19. The molecule has 0 saturated carbocycles. The molecule has 0 nitrogen and oxygen atoms in total. The Morgan fingerprint density at radius 1 is 1.43 bits per heavy atom. The third-order valence-electron chi connectivity index (χ3n) is 3.39. The second-order valence-electron chi connectivity index (χ2n) is 4.42. The minimum absolute atomic E-state index is 0.530. The van der Waals surface area contributed by atoms with Gasteiger partial charge in [-0.2, -0.15) is 23.5 Å². The largest absolute Gasteiger partial charge is 0.161 e. The Bertz CT molecular complexity index is 208. The molecular weight excluding hydrogens is 208 g/mol. The van der Waals surface area contributed by atoms with Crippen LogP contribution in [-0.4, -0.2) is 23.0 Å². The van der Waals surface area contributed by atoms with Crippen LogP contribution in [0.3, 0.4) is 0 Å². The van der Waals surface area contributed by atoms with E-state index >= 15 is 0 Å². The summed E-state index contributed by atoms with van der Waals surface area (Å²) in [6.07, 6.45) is 10.9. The molecule has 0 aromatic carbocycles. The molecule has 14 heavy (non-hydrogen) atoms. The molecule has 2 heteroatoms. The van der Waals surface area contributed by atoms with Gasteiger partial charge in [-0.25, -0.2) is 0 Å². The van der Waals surface area contributed by atoms with Crippen LogP contribution in [0.2, 0.25) is 0 Å². The van der Waals surface area contributed by atoms with E-state index < -0.39 is 0 Å². The molecule has 1 atom stereocenters. The van der Waals surface area contributed by atoms with Crippen molar-refractivity contribution in [2.75, 3.05) is 18.3 Å². The Kier molecular flexibility index (Phi) is 4.92. The average molecular weight is 230 g/mol. The summed E-state index contributed by atoms with van der Waals surface area (Å²) in [5.74, 6) is 2.03. The molecule has 1 aliphatic rings. The lowest BCUT2D eigenvalue weighted by Gasteiger charge is -2.38. The van der Waals surface area contributed by atoms with Crippen molar-refractivity contribution >= 4 is 23.5 Å². The van der Waals surface area contributed by atoms with Crippen LogP contribution in [0.1, 0.15) is 33.1 Å².